The van der Waals surface area contributed by atoms with Crippen molar-refractivity contribution in [1.29, 1.82) is 0 Å². The lowest BCUT2D eigenvalue weighted by Gasteiger charge is -2.24. The Morgan fingerprint density at radius 3 is 2.45 bits per heavy atom. The summed E-state index contributed by atoms with van der Waals surface area (Å²) in [6.07, 6.45) is 2.21. The van der Waals surface area contributed by atoms with Crippen molar-refractivity contribution in [1.82, 2.24) is 10.6 Å². The van der Waals surface area contributed by atoms with Crippen LogP contribution in [0.4, 0.5) is 4.79 Å². The predicted octanol–water partition coefficient (Wildman–Crippen LogP) is -0.647. The van der Waals surface area contributed by atoms with E-state index in [4.69, 9.17) is 9.84 Å². The molecule has 2 amide bonds. The van der Waals surface area contributed by atoms with E-state index in [0.717, 1.165) is 6.26 Å². The van der Waals surface area contributed by atoms with Gasteiger partial charge in [0.05, 0.1) is 5.75 Å². The second kappa shape index (κ2) is 7.44. The van der Waals surface area contributed by atoms with Gasteiger partial charge in [0, 0.05) is 25.5 Å². The Morgan fingerprint density at radius 1 is 1.35 bits per heavy atom. The minimum absolute atomic E-state index is 0.0481. The maximum atomic E-state index is 11.7. The van der Waals surface area contributed by atoms with Gasteiger partial charge in [0.25, 0.3) is 0 Å². The molecule has 1 atom stereocenters. The van der Waals surface area contributed by atoms with Crippen LogP contribution in [0.25, 0.3) is 0 Å². The largest absolute Gasteiger partial charge is 0.480 e. The molecular weight excluding hydrogens is 288 g/mol. The molecule has 0 radical (unpaired) electrons. The van der Waals surface area contributed by atoms with Crippen LogP contribution in [0.3, 0.4) is 0 Å². The number of amides is 2. The van der Waals surface area contributed by atoms with Gasteiger partial charge in [-0.25, -0.2) is 18.0 Å². The van der Waals surface area contributed by atoms with E-state index in [1.165, 1.54) is 0 Å². The SMILES string of the molecule is CS(=O)(=O)CCC(NC(=O)NC1CCOCC1)C(=O)O. The van der Waals surface area contributed by atoms with E-state index in [1.807, 2.05) is 0 Å². The zero-order valence-electron chi connectivity index (χ0n) is 11.3. The van der Waals surface area contributed by atoms with E-state index in [9.17, 15) is 18.0 Å². The van der Waals surface area contributed by atoms with Crippen LogP contribution in [0.2, 0.25) is 0 Å². The van der Waals surface area contributed by atoms with Gasteiger partial charge in [0.2, 0.25) is 0 Å². The Hall–Kier alpha value is -1.35. The first-order valence-electron chi connectivity index (χ1n) is 6.33. The highest BCUT2D eigenvalue weighted by Crippen LogP contribution is 2.06. The van der Waals surface area contributed by atoms with E-state index < -0.39 is 27.9 Å². The minimum atomic E-state index is -3.27. The van der Waals surface area contributed by atoms with Crippen LogP contribution in [0.15, 0.2) is 0 Å². The Morgan fingerprint density at radius 2 is 1.95 bits per heavy atom. The van der Waals surface area contributed by atoms with Crippen molar-refractivity contribution in [2.75, 3.05) is 25.2 Å². The second-order valence-corrected chi connectivity index (χ2v) is 7.07. The summed E-state index contributed by atoms with van der Waals surface area (Å²) in [5.41, 5.74) is 0. The Kier molecular flexibility index (Phi) is 6.21. The van der Waals surface area contributed by atoms with E-state index in [1.54, 1.807) is 0 Å². The van der Waals surface area contributed by atoms with Gasteiger partial charge in [-0.15, -0.1) is 0 Å². The maximum absolute atomic E-state index is 11.7. The van der Waals surface area contributed by atoms with Gasteiger partial charge in [-0.3, -0.25) is 0 Å². The van der Waals surface area contributed by atoms with Crippen molar-refractivity contribution in [3.05, 3.63) is 0 Å². The molecule has 8 nitrogen and oxygen atoms in total. The molecule has 1 aliphatic rings. The third-order valence-corrected chi connectivity index (χ3v) is 3.91. The van der Waals surface area contributed by atoms with Gasteiger partial charge >= 0.3 is 12.0 Å². The van der Waals surface area contributed by atoms with Crippen LogP contribution < -0.4 is 10.6 Å². The van der Waals surface area contributed by atoms with E-state index in [-0.39, 0.29) is 18.2 Å². The smallest absolute Gasteiger partial charge is 0.326 e. The van der Waals surface area contributed by atoms with Gasteiger partial charge in [-0.1, -0.05) is 0 Å². The monoisotopic (exact) mass is 308 g/mol. The second-order valence-electron chi connectivity index (χ2n) is 4.81. The molecule has 3 N–H and O–H groups in total. The van der Waals surface area contributed by atoms with Crippen LogP contribution in [0.1, 0.15) is 19.3 Å². The number of carbonyl (C=O) groups excluding carboxylic acids is 1. The molecule has 20 heavy (non-hydrogen) atoms. The molecule has 1 saturated heterocycles. The van der Waals surface area contributed by atoms with Crippen molar-refractivity contribution in [3.8, 4) is 0 Å². The molecule has 1 unspecified atom stereocenters. The van der Waals surface area contributed by atoms with Crippen LogP contribution in [-0.4, -0.2) is 62.8 Å². The third-order valence-electron chi connectivity index (χ3n) is 2.94. The molecule has 0 spiro atoms. The summed E-state index contributed by atoms with van der Waals surface area (Å²) in [7, 11) is -3.27. The molecule has 1 heterocycles. The summed E-state index contributed by atoms with van der Waals surface area (Å²) in [6, 6.07) is -1.87. The Bertz CT molecular complexity index is 444. The first-order valence-corrected chi connectivity index (χ1v) is 8.39. The molecule has 9 heteroatoms. The van der Waals surface area contributed by atoms with Gasteiger partial charge in [-0.2, -0.15) is 0 Å². The van der Waals surface area contributed by atoms with E-state index in [2.05, 4.69) is 10.6 Å². The van der Waals surface area contributed by atoms with Crippen LogP contribution in [0, 0.1) is 0 Å². The number of urea groups is 1. The Labute approximate surface area is 117 Å². The van der Waals surface area contributed by atoms with E-state index >= 15 is 0 Å². The predicted molar refractivity (Wildman–Crippen MR) is 71.3 cm³/mol. The maximum Gasteiger partial charge on any atom is 0.326 e. The Balaban J connectivity index is 2.43. The molecule has 0 aromatic carbocycles. The fourth-order valence-electron chi connectivity index (χ4n) is 1.82. The summed E-state index contributed by atoms with van der Waals surface area (Å²) in [4.78, 5) is 22.7. The van der Waals surface area contributed by atoms with Crippen molar-refractivity contribution in [3.63, 3.8) is 0 Å². The average molecular weight is 308 g/mol. The summed E-state index contributed by atoms with van der Waals surface area (Å²) < 4.78 is 27.2. The van der Waals surface area contributed by atoms with E-state index in [0.29, 0.717) is 26.1 Å². The zero-order valence-corrected chi connectivity index (χ0v) is 12.1. The molecule has 0 aliphatic carbocycles. The van der Waals surface area contributed by atoms with Gasteiger partial charge in [0.1, 0.15) is 15.9 Å². The number of rotatable bonds is 6. The zero-order chi connectivity index (χ0) is 15.2. The van der Waals surface area contributed by atoms with Gasteiger partial charge in [-0.05, 0) is 19.3 Å². The number of carboxylic acids is 1. The van der Waals surface area contributed by atoms with Gasteiger partial charge in [0.15, 0.2) is 0 Å². The topological polar surface area (TPSA) is 122 Å². The lowest BCUT2D eigenvalue weighted by Crippen LogP contribution is -2.50. The third kappa shape index (κ3) is 6.71. The lowest BCUT2D eigenvalue weighted by atomic mass is 10.1. The van der Waals surface area contributed by atoms with Crippen molar-refractivity contribution >= 4 is 21.8 Å². The molecule has 1 fully saturated rings. The van der Waals surface area contributed by atoms with Crippen molar-refractivity contribution < 1.29 is 27.9 Å². The molecule has 1 rings (SSSR count). The molecule has 1 aliphatic heterocycles. The summed E-state index contributed by atoms with van der Waals surface area (Å²) >= 11 is 0. The first kappa shape index (κ1) is 16.7. The first-order chi connectivity index (χ1) is 9.28. The van der Waals surface area contributed by atoms with Crippen molar-refractivity contribution in [2.24, 2.45) is 0 Å². The number of sulfone groups is 1. The van der Waals surface area contributed by atoms with Crippen molar-refractivity contribution in [2.45, 2.75) is 31.3 Å². The fraction of sp³-hybridized carbons (Fsp3) is 0.818. The molecular formula is C11H20N2O6S. The number of nitrogens with one attached hydrogen (secondary N) is 2. The standard InChI is InChI=1S/C11H20N2O6S/c1-20(17,18)7-4-9(10(14)15)13-11(16)12-8-2-5-19-6-3-8/h8-9H,2-7H2,1H3,(H,14,15)(H2,12,13,16). The normalized spacial score (nSPS) is 18.2. The summed E-state index contributed by atoms with van der Waals surface area (Å²) in [5.74, 6) is -1.54. The lowest BCUT2D eigenvalue weighted by molar-refractivity contribution is -0.139. The summed E-state index contributed by atoms with van der Waals surface area (Å²) in [5, 5.41) is 13.9. The quantitative estimate of drug-likeness (QED) is 0.599. The number of aliphatic carboxylic acids is 1. The highest BCUT2D eigenvalue weighted by Gasteiger charge is 2.23. The summed E-state index contributed by atoms with van der Waals surface area (Å²) in [6.45, 7) is 1.11. The minimum Gasteiger partial charge on any atom is -0.480 e. The fourth-order valence-corrected chi connectivity index (χ4v) is 2.48. The van der Waals surface area contributed by atoms with Crippen LogP contribution in [0.5, 0.6) is 0 Å². The number of carbonyl (C=O) groups is 2. The number of hydrogen-bond acceptors (Lipinski definition) is 5. The molecule has 0 aromatic rings. The number of hydrogen-bond donors (Lipinski definition) is 3. The average Bonchev–Trinajstić information content (AvgIpc) is 2.34. The molecule has 0 aromatic heterocycles. The van der Waals surface area contributed by atoms with Crippen LogP contribution in [-0.2, 0) is 19.4 Å². The molecule has 116 valence electrons. The molecule has 0 saturated carbocycles. The highest BCUT2D eigenvalue weighted by molar-refractivity contribution is 7.90. The number of carboxylic acid groups (broad SMARTS) is 1. The van der Waals surface area contributed by atoms with Crippen LogP contribution >= 0.6 is 0 Å². The number of ether oxygens (including phenoxy) is 1. The van der Waals surface area contributed by atoms with Gasteiger partial charge < -0.3 is 20.5 Å². The molecule has 0 bridgehead atoms. The highest BCUT2D eigenvalue weighted by atomic mass is 32.2.